The van der Waals surface area contributed by atoms with Crippen LogP contribution in [-0.2, 0) is 31.9 Å². The number of benzene rings is 4. The van der Waals surface area contributed by atoms with E-state index in [0.717, 1.165) is 24.0 Å². The van der Waals surface area contributed by atoms with Gasteiger partial charge in [-0.05, 0) is 86.1 Å². The van der Waals surface area contributed by atoms with E-state index in [1.165, 1.54) is 28.8 Å². The van der Waals surface area contributed by atoms with Gasteiger partial charge in [-0.1, -0.05) is 77.9 Å². The summed E-state index contributed by atoms with van der Waals surface area (Å²) in [6, 6.07) is 28.8. The average molecular weight is 489 g/mol. The van der Waals surface area contributed by atoms with Gasteiger partial charge in [0, 0.05) is 0 Å². The lowest BCUT2D eigenvalue weighted by Gasteiger charge is -2.17. The summed E-state index contributed by atoms with van der Waals surface area (Å²) in [6.07, 6.45) is -1.37. The van der Waals surface area contributed by atoms with Gasteiger partial charge in [-0.15, -0.1) is 0 Å². The van der Waals surface area contributed by atoms with E-state index in [0.29, 0.717) is 24.1 Å². The van der Waals surface area contributed by atoms with Gasteiger partial charge in [-0.2, -0.15) is 13.2 Å². The van der Waals surface area contributed by atoms with E-state index in [1.54, 1.807) is 6.07 Å². The minimum atomic E-state index is -4.45. The second kappa shape index (κ2) is 11.3. The molecule has 0 aliphatic heterocycles. The van der Waals surface area contributed by atoms with Gasteiger partial charge < -0.3 is 10.9 Å². The van der Waals surface area contributed by atoms with Gasteiger partial charge in [-0.25, -0.2) is 0 Å². The van der Waals surface area contributed by atoms with Crippen LogP contribution in [0.5, 0.6) is 0 Å². The number of hydrogen-bond donors (Lipinski definition) is 2. The first-order valence-electron chi connectivity index (χ1n) is 12.2. The molecule has 0 saturated heterocycles. The third-order valence-corrected chi connectivity index (χ3v) is 6.33. The summed E-state index contributed by atoms with van der Waals surface area (Å²) in [4.78, 5) is 0. The maximum atomic E-state index is 13.8. The molecule has 0 saturated carbocycles. The number of halogens is 3. The molecule has 0 fully saturated rings. The standard InChI is InChI=1S/C31H31F3N2/c1-22-3-7-24(8-4-22)11-12-26-15-18-28(19-16-26)35-36-30-20-17-27(21-29(30)31(32,33)34)14-13-25-9-5-23(2)6-10-25/h3-10,15-21,35-36H,11-14H2,1-2H3. The van der Waals surface area contributed by atoms with E-state index < -0.39 is 11.7 Å². The van der Waals surface area contributed by atoms with E-state index in [2.05, 4.69) is 42.0 Å². The van der Waals surface area contributed by atoms with Crippen molar-refractivity contribution in [2.45, 2.75) is 45.7 Å². The van der Waals surface area contributed by atoms with Crippen LogP contribution in [0.15, 0.2) is 91.0 Å². The first kappa shape index (κ1) is 25.4. The zero-order valence-electron chi connectivity index (χ0n) is 20.6. The SMILES string of the molecule is Cc1ccc(CCc2ccc(NNc3ccc(CCc4ccc(C)cc4)cc3C(F)(F)F)cc2)cc1. The van der Waals surface area contributed by atoms with Crippen molar-refractivity contribution in [3.63, 3.8) is 0 Å². The molecule has 0 radical (unpaired) electrons. The van der Waals surface area contributed by atoms with E-state index in [-0.39, 0.29) is 5.69 Å². The fourth-order valence-electron chi connectivity index (χ4n) is 4.07. The average Bonchev–Trinajstić information content (AvgIpc) is 2.87. The molecule has 5 heteroatoms. The zero-order chi connectivity index (χ0) is 25.5. The van der Waals surface area contributed by atoms with Crippen molar-refractivity contribution in [2.24, 2.45) is 0 Å². The van der Waals surface area contributed by atoms with Crippen LogP contribution in [0.4, 0.5) is 24.5 Å². The molecule has 0 aliphatic rings. The molecule has 186 valence electrons. The summed E-state index contributed by atoms with van der Waals surface area (Å²) in [5, 5.41) is 0. The van der Waals surface area contributed by atoms with Crippen LogP contribution in [0.1, 0.15) is 38.9 Å². The predicted molar refractivity (Wildman–Crippen MR) is 142 cm³/mol. The molecule has 0 aliphatic carbocycles. The van der Waals surface area contributed by atoms with Crippen LogP contribution in [0.2, 0.25) is 0 Å². The van der Waals surface area contributed by atoms with Gasteiger partial charge in [0.15, 0.2) is 0 Å². The lowest BCUT2D eigenvalue weighted by Crippen LogP contribution is -2.15. The van der Waals surface area contributed by atoms with Crippen molar-refractivity contribution in [3.05, 3.63) is 130 Å². The normalized spacial score (nSPS) is 11.4. The van der Waals surface area contributed by atoms with Crippen molar-refractivity contribution in [2.75, 3.05) is 10.9 Å². The highest BCUT2D eigenvalue weighted by Crippen LogP contribution is 2.36. The molecule has 0 aromatic heterocycles. The summed E-state index contributed by atoms with van der Waals surface area (Å²) < 4.78 is 41.4. The van der Waals surface area contributed by atoms with Crippen LogP contribution in [0.25, 0.3) is 0 Å². The minimum Gasteiger partial charge on any atom is -0.301 e. The molecule has 0 atom stereocenters. The quantitative estimate of drug-likeness (QED) is 0.231. The topological polar surface area (TPSA) is 24.1 Å². The molecule has 2 nitrogen and oxygen atoms in total. The Morgan fingerprint density at radius 3 is 1.42 bits per heavy atom. The number of hydrazine groups is 1. The van der Waals surface area contributed by atoms with Crippen molar-refractivity contribution >= 4 is 11.4 Å². The Hall–Kier alpha value is -3.73. The zero-order valence-corrected chi connectivity index (χ0v) is 20.6. The molecule has 0 amide bonds. The van der Waals surface area contributed by atoms with E-state index >= 15 is 0 Å². The molecule has 2 N–H and O–H groups in total. The van der Waals surface area contributed by atoms with Crippen molar-refractivity contribution in [3.8, 4) is 0 Å². The maximum Gasteiger partial charge on any atom is 0.418 e. The van der Waals surface area contributed by atoms with E-state index in [4.69, 9.17) is 0 Å². The van der Waals surface area contributed by atoms with Crippen molar-refractivity contribution in [1.82, 2.24) is 0 Å². The Bertz CT molecular complexity index is 1260. The molecular weight excluding hydrogens is 457 g/mol. The Kier molecular flexibility index (Phi) is 7.99. The number of aryl methyl sites for hydroxylation is 6. The summed E-state index contributed by atoms with van der Waals surface area (Å²) in [5.74, 6) is 0. The highest BCUT2D eigenvalue weighted by atomic mass is 19.4. The van der Waals surface area contributed by atoms with E-state index in [1.807, 2.05) is 55.5 Å². The summed E-state index contributed by atoms with van der Waals surface area (Å²) in [7, 11) is 0. The molecule has 0 heterocycles. The maximum absolute atomic E-state index is 13.8. The summed E-state index contributed by atoms with van der Waals surface area (Å²) >= 11 is 0. The van der Waals surface area contributed by atoms with Crippen LogP contribution >= 0.6 is 0 Å². The first-order chi connectivity index (χ1) is 17.3. The fourth-order valence-corrected chi connectivity index (χ4v) is 4.07. The molecule has 4 aromatic carbocycles. The van der Waals surface area contributed by atoms with Crippen LogP contribution < -0.4 is 10.9 Å². The van der Waals surface area contributed by atoms with Gasteiger partial charge in [0.25, 0.3) is 0 Å². The molecule has 36 heavy (non-hydrogen) atoms. The molecule has 0 bridgehead atoms. The molecule has 4 aromatic rings. The number of hydrogen-bond acceptors (Lipinski definition) is 2. The monoisotopic (exact) mass is 488 g/mol. The van der Waals surface area contributed by atoms with Crippen molar-refractivity contribution in [1.29, 1.82) is 0 Å². The fraction of sp³-hybridized carbons (Fsp3) is 0.226. The minimum absolute atomic E-state index is 0.00466. The van der Waals surface area contributed by atoms with E-state index in [9.17, 15) is 13.2 Å². The third kappa shape index (κ3) is 7.14. The number of alkyl halides is 3. The molecular formula is C31H31F3N2. The van der Waals surface area contributed by atoms with Gasteiger partial charge in [-0.3, -0.25) is 0 Å². The summed E-state index contributed by atoms with van der Waals surface area (Å²) in [6.45, 7) is 4.09. The summed E-state index contributed by atoms with van der Waals surface area (Å²) in [5.41, 5.74) is 12.3. The van der Waals surface area contributed by atoms with Gasteiger partial charge in [0.2, 0.25) is 0 Å². The van der Waals surface area contributed by atoms with Gasteiger partial charge in [0.1, 0.15) is 0 Å². The van der Waals surface area contributed by atoms with Crippen LogP contribution in [-0.4, -0.2) is 0 Å². The van der Waals surface area contributed by atoms with Crippen LogP contribution in [0.3, 0.4) is 0 Å². The number of nitrogens with one attached hydrogen (secondary N) is 2. The van der Waals surface area contributed by atoms with Crippen molar-refractivity contribution < 1.29 is 13.2 Å². The number of rotatable bonds is 9. The lowest BCUT2D eigenvalue weighted by molar-refractivity contribution is -0.137. The second-order valence-electron chi connectivity index (χ2n) is 9.30. The Balaban J connectivity index is 1.36. The largest absolute Gasteiger partial charge is 0.418 e. The van der Waals surface area contributed by atoms with Gasteiger partial charge in [0.05, 0.1) is 16.9 Å². The molecule has 0 spiro atoms. The highest BCUT2D eigenvalue weighted by molar-refractivity contribution is 5.59. The molecule has 4 rings (SSSR count). The number of anilines is 2. The van der Waals surface area contributed by atoms with Crippen LogP contribution in [0, 0.1) is 13.8 Å². The third-order valence-electron chi connectivity index (χ3n) is 6.33. The Labute approximate surface area is 211 Å². The molecule has 0 unspecified atom stereocenters. The van der Waals surface area contributed by atoms with Gasteiger partial charge >= 0.3 is 6.18 Å². The first-order valence-corrected chi connectivity index (χ1v) is 12.2. The Morgan fingerprint density at radius 1 is 0.528 bits per heavy atom. The Morgan fingerprint density at radius 2 is 0.944 bits per heavy atom. The predicted octanol–water partition coefficient (Wildman–Crippen LogP) is 8.33. The smallest absolute Gasteiger partial charge is 0.301 e. The highest BCUT2D eigenvalue weighted by Gasteiger charge is 2.33. The lowest BCUT2D eigenvalue weighted by atomic mass is 10.0. The second-order valence-corrected chi connectivity index (χ2v) is 9.30.